The molecule has 1 aromatic heterocycles. The largest absolute Gasteiger partial charge is 0.377 e. The number of rotatable bonds is 7. The van der Waals surface area contributed by atoms with E-state index in [4.69, 9.17) is 4.74 Å². The van der Waals surface area contributed by atoms with Crippen molar-refractivity contribution in [2.75, 3.05) is 31.6 Å². The van der Waals surface area contributed by atoms with Crippen molar-refractivity contribution < 1.29 is 13.2 Å². The summed E-state index contributed by atoms with van der Waals surface area (Å²) in [4.78, 5) is 4.38. The highest BCUT2D eigenvalue weighted by Gasteiger charge is 2.28. The third-order valence-corrected chi connectivity index (χ3v) is 5.45. The summed E-state index contributed by atoms with van der Waals surface area (Å²) in [6, 6.07) is 3.12. The van der Waals surface area contributed by atoms with Crippen LogP contribution in [-0.4, -0.2) is 50.1 Å². The van der Waals surface area contributed by atoms with E-state index in [0.717, 1.165) is 19.4 Å². The van der Waals surface area contributed by atoms with Gasteiger partial charge >= 0.3 is 0 Å². The predicted octanol–water partition coefficient (Wildman–Crippen LogP) is 1.70. The third-order valence-electron chi connectivity index (χ3n) is 3.51. The Morgan fingerprint density at radius 3 is 2.90 bits per heavy atom. The highest BCUT2D eigenvalue weighted by atomic mass is 32.2. The van der Waals surface area contributed by atoms with Crippen LogP contribution in [0, 0.1) is 0 Å². The first-order valence-electron chi connectivity index (χ1n) is 7.39. The van der Waals surface area contributed by atoms with Crippen molar-refractivity contribution in [3.05, 3.63) is 18.3 Å². The molecule has 0 aromatic carbocycles. The van der Waals surface area contributed by atoms with E-state index in [9.17, 15) is 8.42 Å². The Balaban J connectivity index is 2.19. The fourth-order valence-corrected chi connectivity index (χ4v) is 3.91. The number of ether oxygens (including phenoxy) is 1. The summed E-state index contributed by atoms with van der Waals surface area (Å²) in [5.74, 6) is 0.576. The quantitative estimate of drug-likeness (QED) is 0.829. The molecule has 0 radical (unpaired) electrons. The zero-order valence-corrected chi connectivity index (χ0v) is 13.4. The van der Waals surface area contributed by atoms with E-state index >= 15 is 0 Å². The van der Waals surface area contributed by atoms with Crippen LogP contribution in [0.4, 0.5) is 5.82 Å². The number of anilines is 1. The maximum Gasteiger partial charge on any atom is 0.243 e. The summed E-state index contributed by atoms with van der Waals surface area (Å²) < 4.78 is 32.5. The molecular weight excluding hydrogens is 290 g/mol. The summed E-state index contributed by atoms with van der Waals surface area (Å²) in [6.07, 6.45) is 3.45. The molecule has 0 amide bonds. The highest BCUT2D eigenvalue weighted by Crippen LogP contribution is 2.21. The molecule has 1 saturated heterocycles. The van der Waals surface area contributed by atoms with E-state index < -0.39 is 10.0 Å². The molecule has 2 rings (SSSR count). The van der Waals surface area contributed by atoms with Gasteiger partial charge in [0.1, 0.15) is 5.82 Å². The smallest absolute Gasteiger partial charge is 0.243 e. The van der Waals surface area contributed by atoms with Gasteiger partial charge in [-0.05, 0) is 25.8 Å². The van der Waals surface area contributed by atoms with Crippen LogP contribution in [0.3, 0.4) is 0 Å². The number of sulfonamides is 1. The number of nitrogens with zero attached hydrogens (tertiary/aromatic N) is 2. The molecule has 21 heavy (non-hydrogen) atoms. The van der Waals surface area contributed by atoms with E-state index in [0.29, 0.717) is 25.5 Å². The minimum atomic E-state index is -3.51. The van der Waals surface area contributed by atoms with Crippen molar-refractivity contribution in [1.29, 1.82) is 0 Å². The number of aromatic nitrogens is 1. The molecule has 118 valence electrons. The molecule has 1 aliphatic rings. The third kappa shape index (κ3) is 3.93. The lowest BCUT2D eigenvalue weighted by Gasteiger charge is -2.23. The minimum Gasteiger partial charge on any atom is -0.377 e. The minimum absolute atomic E-state index is 0.00907. The van der Waals surface area contributed by atoms with Crippen molar-refractivity contribution in [2.45, 2.75) is 37.7 Å². The normalized spacial score (nSPS) is 19.1. The van der Waals surface area contributed by atoms with Crippen LogP contribution in [0.2, 0.25) is 0 Å². The summed E-state index contributed by atoms with van der Waals surface area (Å²) in [5.41, 5.74) is 0. The molecule has 0 spiro atoms. The number of hydrogen-bond acceptors (Lipinski definition) is 5. The van der Waals surface area contributed by atoms with Crippen molar-refractivity contribution >= 4 is 15.8 Å². The molecule has 1 aromatic rings. The van der Waals surface area contributed by atoms with Gasteiger partial charge in [-0.2, -0.15) is 4.31 Å². The van der Waals surface area contributed by atoms with Crippen LogP contribution in [-0.2, 0) is 14.8 Å². The molecule has 1 atom stereocenters. The van der Waals surface area contributed by atoms with Crippen molar-refractivity contribution in [3.63, 3.8) is 0 Å². The van der Waals surface area contributed by atoms with Gasteiger partial charge in [-0.25, -0.2) is 13.4 Å². The number of hydrogen-bond donors (Lipinski definition) is 1. The van der Waals surface area contributed by atoms with E-state index in [1.54, 1.807) is 6.07 Å². The van der Waals surface area contributed by atoms with Crippen LogP contribution in [0.5, 0.6) is 0 Å². The Labute approximate surface area is 126 Å². The fourth-order valence-electron chi connectivity index (χ4n) is 2.41. The first kappa shape index (κ1) is 16.2. The van der Waals surface area contributed by atoms with Gasteiger partial charge in [0, 0.05) is 38.5 Å². The van der Waals surface area contributed by atoms with E-state index in [1.807, 2.05) is 13.8 Å². The SMILES string of the molecule is CCNc1cc(S(=O)(=O)N(CC)CC2CCCO2)ccn1. The molecule has 2 heterocycles. The van der Waals surface area contributed by atoms with E-state index in [1.165, 1.54) is 16.6 Å². The highest BCUT2D eigenvalue weighted by molar-refractivity contribution is 7.89. The van der Waals surface area contributed by atoms with Crippen LogP contribution in [0.25, 0.3) is 0 Å². The zero-order chi connectivity index (χ0) is 15.3. The average molecular weight is 313 g/mol. The van der Waals surface area contributed by atoms with E-state index in [2.05, 4.69) is 10.3 Å². The Bertz CT molecular complexity index is 556. The molecule has 1 unspecified atom stereocenters. The predicted molar refractivity (Wildman–Crippen MR) is 81.8 cm³/mol. The first-order valence-corrected chi connectivity index (χ1v) is 8.83. The average Bonchev–Trinajstić information content (AvgIpc) is 2.98. The van der Waals surface area contributed by atoms with Gasteiger partial charge in [-0.1, -0.05) is 6.92 Å². The van der Waals surface area contributed by atoms with Crippen molar-refractivity contribution in [2.24, 2.45) is 0 Å². The van der Waals surface area contributed by atoms with Crippen LogP contribution in [0.15, 0.2) is 23.2 Å². The summed E-state index contributed by atoms with van der Waals surface area (Å²) >= 11 is 0. The molecular formula is C14H23N3O3S. The maximum absolute atomic E-state index is 12.7. The molecule has 7 heteroatoms. The van der Waals surface area contributed by atoms with Crippen molar-refractivity contribution in [3.8, 4) is 0 Å². The second-order valence-corrected chi connectivity index (χ2v) is 6.94. The van der Waals surface area contributed by atoms with Crippen LogP contribution in [0.1, 0.15) is 26.7 Å². The topological polar surface area (TPSA) is 71.5 Å². The molecule has 0 bridgehead atoms. The van der Waals surface area contributed by atoms with Crippen LogP contribution < -0.4 is 5.32 Å². The van der Waals surface area contributed by atoms with Gasteiger partial charge in [0.25, 0.3) is 0 Å². The second-order valence-electron chi connectivity index (χ2n) is 5.00. The summed E-state index contributed by atoms with van der Waals surface area (Å²) in [6.45, 7) is 6.06. The Hall–Kier alpha value is -1.18. The molecule has 6 nitrogen and oxygen atoms in total. The zero-order valence-electron chi connectivity index (χ0n) is 12.6. The molecule has 1 fully saturated rings. The van der Waals surface area contributed by atoms with Gasteiger partial charge in [-0.3, -0.25) is 0 Å². The number of pyridine rings is 1. The van der Waals surface area contributed by atoms with Crippen LogP contribution >= 0.6 is 0 Å². The number of likely N-dealkylation sites (N-methyl/N-ethyl adjacent to an activating group) is 1. The molecule has 1 aliphatic heterocycles. The Morgan fingerprint density at radius 2 is 2.29 bits per heavy atom. The lowest BCUT2D eigenvalue weighted by atomic mass is 10.2. The summed E-state index contributed by atoms with van der Waals surface area (Å²) in [5, 5.41) is 3.03. The molecule has 1 N–H and O–H groups in total. The van der Waals surface area contributed by atoms with Gasteiger partial charge in [0.2, 0.25) is 10.0 Å². The van der Waals surface area contributed by atoms with Gasteiger partial charge in [0.15, 0.2) is 0 Å². The number of nitrogens with one attached hydrogen (secondary N) is 1. The lowest BCUT2D eigenvalue weighted by Crippen LogP contribution is -2.37. The van der Waals surface area contributed by atoms with Gasteiger partial charge in [0.05, 0.1) is 11.0 Å². The Kier molecular flexibility index (Phi) is 5.55. The molecule has 0 aliphatic carbocycles. The van der Waals surface area contributed by atoms with Crippen molar-refractivity contribution in [1.82, 2.24) is 9.29 Å². The molecule has 0 saturated carbocycles. The lowest BCUT2D eigenvalue weighted by molar-refractivity contribution is 0.0947. The van der Waals surface area contributed by atoms with Gasteiger partial charge in [-0.15, -0.1) is 0 Å². The van der Waals surface area contributed by atoms with E-state index in [-0.39, 0.29) is 11.0 Å². The van der Waals surface area contributed by atoms with Gasteiger partial charge < -0.3 is 10.1 Å². The monoisotopic (exact) mass is 313 g/mol. The Morgan fingerprint density at radius 1 is 1.48 bits per heavy atom. The second kappa shape index (κ2) is 7.20. The summed E-state index contributed by atoms with van der Waals surface area (Å²) in [7, 11) is -3.51. The maximum atomic E-state index is 12.7. The fraction of sp³-hybridized carbons (Fsp3) is 0.643. The first-order chi connectivity index (χ1) is 10.1. The standard InChI is InChI=1S/C14H23N3O3S/c1-3-15-14-10-13(7-8-16-14)21(18,19)17(4-2)11-12-6-5-9-20-12/h7-8,10,12H,3-6,9,11H2,1-2H3,(H,15,16).